The fraction of sp³-hybridized carbons (Fsp3) is 0.600. The molecule has 0 aliphatic carbocycles. The molecule has 0 saturated carbocycles. The molecule has 1 aromatic carbocycles. The summed E-state index contributed by atoms with van der Waals surface area (Å²) in [6.45, 7) is 8.04. The van der Waals surface area contributed by atoms with Crippen LogP contribution in [0.1, 0.15) is 39.2 Å². The number of anilines is 1. The summed E-state index contributed by atoms with van der Waals surface area (Å²) in [5.74, 6) is 0.947. The van der Waals surface area contributed by atoms with Crippen LogP contribution in [-0.2, 0) is 6.54 Å². The number of benzene rings is 1. The molecular weight excluding hydrogens is 224 g/mol. The molecule has 3 heteroatoms. The molecular formula is C15H26N2O. The van der Waals surface area contributed by atoms with Gasteiger partial charge in [-0.2, -0.15) is 0 Å². The molecule has 0 heterocycles. The van der Waals surface area contributed by atoms with Crippen LogP contribution in [0.2, 0.25) is 0 Å². The van der Waals surface area contributed by atoms with Gasteiger partial charge in [-0.3, -0.25) is 4.90 Å². The zero-order chi connectivity index (χ0) is 13.5. The molecule has 1 aromatic rings. The maximum atomic E-state index is 5.86. The van der Waals surface area contributed by atoms with Crippen molar-refractivity contribution in [3.05, 3.63) is 23.8 Å². The normalized spacial score (nSPS) is 12.7. The van der Waals surface area contributed by atoms with Crippen LogP contribution in [0.3, 0.4) is 0 Å². The summed E-state index contributed by atoms with van der Waals surface area (Å²) in [6, 6.07) is 6.45. The Bertz CT molecular complexity index is 366. The van der Waals surface area contributed by atoms with Gasteiger partial charge in [0.1, 0.15) is 5.75 Å². The Morgan fingerprint density at radius 2 is 2.06 bits per heavy atom. The summed E-state index contributed by atoms with van der Waals surface area (Å²) in [5, 5.41) is 0. The molecule has 1 rings (SSSR count). The minimum absolute atomic E-state index is 0.575. The molecule has 0 spiro atoms. The van der Waals surface area contributed by atoms with E-state index < -0.39 is 0 Å². The highest BCUT2D eigenvalue weighted by Gasteiger charge is 2.12. The van der Waals surface area contributed by atoms with E-state index in [4.69, 9.17) is 10.5 Å². The van der Waals surface area contributed by atoms with Crippen molar-refractivity contribution >= 4 is 5.69 Å². The van der Waals surface area contributed by atoms with Gasteiger partial charge in [0, 0.05) is 23.8 Å². The zero-order valence-corrected chi connectivity index (χ0v) is 12.1. The fourth-order valence-corrected chi connectivity index (χ4v) is 2.08. The van der Waals surface area contributed by atoms with Crippen LogP contribution in [0.15, 0.2) is 18.2 Å². The molecule has 1 atom stereocenters. The molecule has 2 N–H and O–H groups in total. The van der Waals surface area contributed by atoms with Gasteiger partial charge in [0.2, 0.25) is 0 Å². The van der Waals surface area contributed by atoms with Gasteiger partial charge in [0.15, 0.2) is 0 Å². The Balaban J connectivity index is 2.78. The Morgan fingerprint density at radius 3 is 2.67 bits per heavy atom. The van der Waals surface area contributed by atoms with Gasteiger partial charge in [-0.15, -0.1) is 0 Å². The maximum absolute atomic E-state index is 5.86. The lowest BCUT2D eigenvalue weighted by Crippen LogP contribution is -2.28. The predicted molar refractivity (Wildman–Crippen MR) is 77.9 cm³/mol. The second-order valence-electron chi connectivity index (χ2n) is 4.85. The van der Waals surface area contributed by atoms with E-state index in [2.05, 4.69) is 25.8 Å². The number of nitrogens with two attached hydrogens (primary N) is 1. The topological polar surface area (TPSA) is 38.5 Å². The second-order valence-corrected chi connectivity index (χ2v) is 4.85. The average Bonchev–Trinajstić information content (AvgIpc) is 2.33. The summed E-state index contributed by atoms with van der Waals surface area (Å²) < 4.78 is 5.65. The highest BCUT2D eigenvalue weighted by atomic mass is 16.5. The summed E-state index contributed by atoms with van der Waals surface area (Å²) in [7, 11) is 2.15. The van der Waals surface area contributed by atoms with Crippen molar-refractivity contribution < 1.29 is 4.74 Å². The maximum Gasteiger partial charge on any atom is 0.123 e. The Labute approximate surface area is 111 Å². The van der Waals surface area contributed by atoms with E-state index >= 15 is 0 Å². The fourth-order valence-electron chi connectivity index (χ4n) is 2.08. The first kappa shape index (κ1) is 14.8. The number of hydrogen-bond acceptors (Lipinski definition) is 3. The molecule has 0 saturated heterocycles. The summed E-state index contributed by atoms with van der Waals surface area (Å²) >= 11 is 0. The van der Waals surface area contributed by atoms with Crippen molar-refractivity contribution in [1.29, 1.82) is 0 Å². The van der Waals surface area contributed by atoms with Crippen LogP contribution in [0.5, 0.6) is 5.75 Å². The van der Waals surface area contributed by atoms with Crippen molar-refractivity contribution in [2.45, 2.75) is 46.2 Å². The molecule has 0 aromatic heterocycles. The first-order chi connectivity index (χ1) is 8.58. The minimum Gasteiger partial charge on any atom is -0.494 e. The SMILES string of the molecule is CCCC(C)N(C)Cc1cc(N)ccc1OCC. The van der Waals surface area contributed by atoms with E-state index in [0.717, 1.165) is 18.0 Å². The molecule has 3 nitrogen and oxygen atoms in total. The van der Waals surface area contributed by atoms with Gasteiger partial charge >= 0.3 is 0 Å². The third-order valence-corrected chi connectivity index (χ3v) is 3.26. The summed E-state index contributed by atoms with van der Waals surface area (Å²) in [5.41, 5.74) is 7.83. The van der Waals surface area contributed by atoms with Crippen LogP contribution >= 0.6 is 0 Å². The average molecular weight is 250 g/mol. The van der Waals surface area contributed by atoms with Gasteiger partial charge in [0.25, 0.3) is 0 Å². The van der Waals surface area contributed by atoms with Crippen molar-refractivity contribution in [3.63, 3.8) is 0 Å². The van der Waals surface area contributed by atoms with Crippen LogP contribution in [0, 0.1) is 0 Å². The van der Waals surface area contributed by atoms with E-state index in [1.165, 1.54) is 18.4 Å². The molecule has 0 aliphatic rings. The molecule has 0 amide bonds. The molecule has 0 bridgehead atoms. The monoisotopic (exact) mass is 250 g/mol. The van der Waals surface area contributed by atoms with E-state index in [1.807, 2.05) is 25.1 Å². The minimum atomic E-state index is 0.575. The molecule has 0 fully saturated rings. The summed E-state index contributed by atoms with van der Waals surface area (Å²) in [6.07, 6.45) is 2.42. The highest BCUT2D eigenvalue weighted by Crippen LogP contribution is 2.23. The van der Waals surface area contributed by atoms with Gasteiger partial charge < -0.3 is 10.5 Å². The lowest BCUT2D eigenvalue weighted by molar-refractivity contribution is 0.231. The van der Waals surface area contributed by atoms with Gasteiger partial charge in [-0.1, -0.05) is 13.3 Å². The largest absolute Gasteiger partial charge is 0.494 e. The second kappa shape index (κ2) is 7.27. The van der Waals surface area contributed by atoms with Crippen LogP contribution in [-0.4, -0.2) is 24.6 Å². The quantitative estimate of drug-likeness (QED) is 0.755. The van der Waals surface area contributed by atoms with Crippen molar-refractivity contribution in [1.82, 2.24) is 4.90 Å². The van der Waals surface area contributed by atoms with Gasteiger partial charge in [-0.05, 0) is 45.5 Å². The number of rotatable bonds is 7. The van der Waals surface area contributed by atoms with Crippen molar-refractivity contribution in [3.8, 4) is 5.75 Å². The third kappa shape index (κ3) is 4.22. The lowest BCUT2D eigenvalue weighted by Gasteiger charge is -2.25. The van der Waals surface area contributed by atoms with Gasteiger partial charge in [-0.25, -0.2) is 0 Å². The van der Waals surface area contributed by atoms with E-state index in [9.17, 15) is 0 Å². The van der Waals surface area contributed by atoms with E-state index in [-0.39, 0.29) is 0 Å². The van der Waals surface area contributed by atoms with E-state index in [0.29, 0.717) is 12.6 Å². The number of ether oxygens (including phenoxy) is 1. The Morgan fingerprint density at radius 1 is 1.33 bits per heavy atom. The first-order valence-corrected chi connectivity index (χ1v) is 6.79. The van der Waals surface area contributed by atoms with Gasteiger partial charge in [0.05, 0.1) is 6.61 Å². The predicted octanol–water partition coefficient (Wildman–Crippen LogP) is 3.29. The Kier molecular flexibility index (Phi) is 5.99. The smallest absolute Gasteiger partial charge is 0.123 e. The van der Waals surface area contributed by atoms with E-state index in [1.54, 1.807) is 0 Å². The van der Waals surface area contributed by atoms with Crippen LogP contribution in [0.4, 0.5) is 5.69 Å². The molecule has 1 unspecified atom stereocenters. The van der Waals surface area contributed by atoms with Crippen molar-refractivity contribution in [2.75, 3.05) is 19.4 Å². The molecule has 0 aliphatic heterocycles. The first-order valence-electron chi connectivity index (χ1n) is 6.79. The molecule has 102 valence electrons. The zero-order valence-electron chi connectivity index (χ0n) is 12.1. The Hall–Kier alpha value is -1.22. The standard InChI is InChI=1S/C15H26N2O/c1-5-7-12(3)17(4)11-13-10-14(16)8-9-15(13)18-6-2/h8-10,12H,5-7,11,16H2,1-4H3. The lowest BCUT2D eigenvalue weighted by atomic mass is 10.1. The number of nitrogen functional groups attached to an aromatic ring is 1. The third-order valence-electron chi connectivity index (χ3n) is 3.26. The number of nitrogens with zero attached hydrogens (tertiary/aromatic N) is 1. The summed E-state index contributed by atoms with van der Waals surface area (Å²) in [4.78, 5) is 2.35. The number of hydrogen-bond donors (Lipinski definition) is 1. The highest BCUT2D eigenvalue weighted by molar-refractivity contribution is 5.47. The van der Waals surface area contributed by atoms with Crippen LogP contribution in [0.25, 0.3) is 0 Å². The van der Waals surface area contributed by atoms with Crippen LogP contribution < -0.4 is 10.5 Å². The van der Waals surface area contributed by atoms with Crippen molar-refractivity contribution in [2.24, 2.45) is 0 Å². The molecule has 18 heavy (non-hydrogen) atoms. The molecule has 0 radical (unpaired) electrons.